The Hall–Kier alpha value is -2.01. The minimum absolute atomic E-state index is 0.212. The summed E-state index contributed by atoms with van der Waals surface area (Å²) >= 11 is 1.63. The first-order valence-corrected chi connectivity index (χ1v) is 8.52. The van der Waals surface area contributed by atoms with Gasteiger partial charge in [0.1, 0.15) is 5.75 Å². The molecule has 1 saturated carbocycles. The summed E-state index contributed by atoms with van der Waals surface area (Å²) < 4.78 is 6.02. The van der Waals surface area contributed by atoms with Gasteiger partial charge in [0.15, 0.2) is 0 Å². The van der Waals surface area contributed by atoms with E-state index in [0.29, 0.717) is 6.54 Å². The lowest BCUT2D eigenvalue weighted by Gasteiger charge is -2.17. The first-order valence-electron chi connectivity index (χ1n) is 7.64. The van der Waals surface area contributed by atoms with Gasteiger partial charge in [-0.25, -0.2) is 4.79 Å². The highest BCUT2D eigenvalue weighted by Gasteiger charge is 2.18. The van der Waals surface area contributed by atoms with Gasteiger partial charge < -0.3 is 15.4 Å². The molecule has 1 fully saturated rings. The van der Waals surface area contributed by atoms with E-state index in [0.717, 1.165) is 29.2 Å². The summed E-state index contributed by atoms with van der Waals surface area (Å²) in [7, 11) is 0. The maximum Gasteiger partial charge on any atom is 0.319 e. The summed E-state index contributed by atoms with van der Waals surface area (Å²) in [6, 6.07) is 11.4. The number of hydrogen-bond acceptors (Lipinski definition) is 3. The second-order valence-corrected chi connectivity index (χ2v) is 6.44. The molecule has 0 bridgehead atoms. The zero-order valence-corrected chi connectivity index (χ0v) is 13.2. The molecule has 0 saturated heterocycles. The Balaban J connectivity index is 1.57. The number of rotatable bonds is 5. The Kier molecular flexibility index (Phi) is 4.96. The number of urea groups is 1. The third kappa shape index (κ3) is 4.01. The van der Waals surface area contributed by atoms with E-state index in [1.807, 2.05) is 41.8 Å². The van der Waals surface area contributed by atoms with Gasteiger partial charge >= 0.3 is 6.03 Å². The van der Waals surface area contributed by atoms with Gasteiger partial charge in [0, 0.05) is 4.88 Å². The Labute approximate surface area is 134 Å². The van der Waals surface area contributed by atoms with Crippen molar-refractivity contribution in [1.29, 1.82) is 0 Å². The number of benzene rings is 1. The van der Waals surface area contributed by atoms with E-state index in [1.165, 1.54) is 12.8 Å². The fraction of sp³-hybridized carbons (Fsp3) is 0.353. The van der Waals surface area contributed by atoms with Gasteiger partial charge in [-0.05, 0) is 49.3 Å². The number of anilines is 1. The van der Waals surface area contributed by atoms with Crippen LogP contribution in [0.25, 0.3) is 0 Å². The molecular weight excluding hydrogens is 296 g/mol. The minimum Gasteiger partial charge on any atom is -0.488 e. The summed E-state index contributed by atoms with van der Waals surface area (Å²) in [5.41, 5.74) is 0.720. The quantitative estimate of drug-likeness (QED) is 0.859. The van der Waals surface area contributed by atoms with Crippen LogP contribution < -0.4 is 15.4 Å². The molecule has 4 nitrogen and oxygen atoms in total. The van der Waals surface area contributed by atoms with Gasteiger partial charge in [0.25, 0.3) is 0 Å². The van der Waals surface area contributed by atoms with Crippen molar-refractivity contribution >= 4 is 23.1 Å². The maximum atomic E-state index is 12.0. The predicted molar refractivity (Wildman–Crippen MR) is 89.5 cm³/mol. The second kappa shape index (κ2) is 7.31. The first-order chi connectivity index (χ1) is 10.8. The van der Waals surface area contributed by atoms with E-state index in [9.17, 15) is 4.79 Å². The number of carbonyl (C=O) groups is 1. The van der Waals surface area contributed by atoms with E-state index in [4.69, 9.17) is 4.74 Å². The molecule has 1 aliphatic carbocycles. The number of para-hydroxylation sites is 2. The topological polar surface area (TPSA) is 50.4 Å². The first kappa shape index (κ1) is 14.9. The zero-order chi connectivity index (χ0) is 15.2. The molecule has 1 aromatic carbocycles. The summed E-state index contributed by atoms with van der Waals surface area (Å²) in [4.78, 5) is 13.2. The SMILES string of the molecule is O=C(NCc1cccs1)Nc1ccccc1OC1CCCC1. The second-order valence-electron chi connectivity index (χ2n) is 5.41. The van der Waals surface area contributed by atoms with Crippen molar-refractivity contribution < 1.29 is 9.53 Å². The lowest BCUT2D eigenvalue weighted by atomic mass is 10.2. The van der Waals surface area contributed by atoms with E-state index in [1.54, 1.807) is 11.3 Å². The molecule has 22 heavy (non-hydrogen) atoms. The minimum atomic E-state index is -0.212. The number of hydrogen-bond donors (Lipinski definition) is 2. The molecule has 0 spiro atoms. The predicted octanol–water partition coefficient (Wildman–Crippen LogP) is 4.39. The van der Waals surface area contributed by atoms with E-state index in [2.05, 4.69) is 10.6 Å². The van der Waals surface area contributed by atoms with Crippen molar-refractivity contribution in [3.8, 4) is 5.75 Å². The van der Waals surface area contributed by atoms with Crippen molar-refractivity contribution in [3.63, 3.8) is 0 Å². The molecule has 116 valence electrons. The molecule has 2 aromatic rings. The van der Waals surface area contributed by atoms with E-state index >= 15 is 0 Å². The zero-order valence-electron chi connectivity index (χ0n) is 12.4. The van der Waals surface area contributed by atoms with Crippen LogP contribution in [0.15, 0.2) is 41.8 Å². The summed E-state index contributed by atoms with van der Waals surface area (Å²) in [5, 5.41) is 7.74. The molecule has 1 aromatic heterocycles. The van der Waals surface area contributed by atoms with Gasteiger partial charge in [-0.3, -0.25) is 0 Å². The number of thiophene rings is 1. The fourth-order valence-electron chi connectivity index (χ4n) is 2.61. The van der Waals surface area contributed by atoms with Gasteiger partial charge in [-0.2, -0.15) is 0 Å². The van der Waals surface area contributed by atoms with Crippen molar-refractivity contribution in [1.82, 2.24) is 5.32 Å². The van der Waals surface area contributed by atoms with E-state index in [-0.39, 0.29) is 12.1 Å². The molecule has 5 heteroatoms. The summed E-state index contributed by atoms with van der Waals surface area (Å²) in [5.74, 6) is 0.751. The van der Waals surface area contributed by atoms with Crippen LogP contribution in [0.5, 0.6) is 5.75 Å². The molecule has 0 aliphatic heterocycles. The van der Waals surface area contributed by atoms with Gasteiger partial charge in [-0.15, -0.1) is 11.3 Å². The molecule has 1 heterocycles. The van der Waals surface area contributed by atoms with Crippen LogP contribution in [-0.2, 0) is 6.54 Å². The molecule has 3 rings (SSSR count). The smallest absolute Gasteiger partial charge is 0.319 e. The maximum absolute atomic E-state index is 12.0. The molecule has 2 amide bonds. The molecule has 0 radical (unpaired) electrons. The lowest BCUT2D eigenvalue weighted by Crippen LogP contribution is -2.28. The number of amides is 2. The Morgan fingerprint density at radius 1 is 1.18 bits per heavy atom. The van der Waals surface area contributed by atoms with E-state index < -0.39 is 0 Å². The molecule has 0 unspecified atom stereocenters. The van der Waals surface area contributed by atoms with Crippen LogP contribution in [0.3, 0.4) is 0 Å². The fourth-order valence-corrected chi connectivity index (χ4v) is 3.25. The van der Waals surface area contributed by atoms with Crippen LogP contribution in [-0.4, -0.2) is 12.1 Å². The lowest BCUT2D eigenvalue weighted by molar-refractivity contribution is 0.211. The largest absolute Gasteiger partial charge is 0.488 e. The number of ether oxygens (including phenoxy) is 1. The van der Waals surface area contributed by atoms with Crippen molar-refractivity contribution in [2.45, 2.75) is 38.3 Å². The standard InChI is InChI=1S/C17H20N2O2S/c20-17(18-12-14-8-5-11-22-14)19-15-9-3-4-10-16(15)21-13-6-1-2-7-13/h3-5,8-11,13H,1-2,6-7,12H2,(H2,18,19,20). The highest BCUT2D eigenvalue weighted by atomic mass is 32.1. The van der Waals surface area contributed by atoms with Gasteiger partial charge in [-0.1, -0.05) is 18.2 Å². The van der Waals surface area contributed by atoms with Crippen molar-refractivity contribution in [2.24, 2.45) is 0 Å². The number of nitrogens with one attached hydrogen (secondary N) is 2. The van der Waals surface area contributed by atoms with Crippen LogP contribution in [0.1, 0.15) is 30.6 Å². The van der Waals surface area contributed by atoms with Crippen LogP contribution in [0, 0.1) is 0 Å². The summed E-state index contributed by atoms with van der Waals surface area (Å²) in [6.45, 7) is 0.537. The molecule has 0 atom stereocenters. The average molecular weight is 316 g/mol. The molecule has 2 N–H and O–H groups in total. The van der Waals surface area contributed by atoms with Crippen LogP contribution >= 0.6 is 11.3 Å². The van der Waals surface area contributed by atoms with Gasteiger partial charge in [0.05, 0.1) is 18.3 Å². The van der Waals surface area contributed by atoms with Crippen LogP contribution in [0.4, 0.5) is 10.5 Å². The summed E-state index contributed by atoms with van der Waals surface area (Å²) in [6.07, 6.45) is 4.91. The molecule has 1 aliphatic rings. The normalized spacial score (nSPS) is 14.7. The molecular formula is C17H20N2O2S. The van der Waals surface area contributed by atoms with Crippen molar-refractivity contribution in [3.05, 3.63) is 46.7 Å². The average Bonchev–Trinajstić information content (AvgIpc) is 3.20. The highest BCUT2D eigenvalue weighted by molar-refractivity contribution is 7.09. The Morgan fingerprint density at radius 3 is 2.77 bits per heavy atom. The third-order valence-electron chi connectivity index (χ3n) is 3.73. The van der Waals surface area contributed by atoms with Crippen LogP contribution in [0.2, 0.25) is 0 Å². The highest BCUT2D eigenvalue weighted by Crippen LogP contribution is 2.29. The monoisotopic (exact) mass is 316 g/mol. The van der Waals surface area contributed by atoms with Gasteiger partial charge in [0.2, 0.25) is 0 Å². The Morgan fingerprint density at radius 2 is 2.00 bits per heavy atom. The third-order valence-corrected chi connectivity index (χ3v) is 4.61. The van der Waals surface area contributed by atoms with Crippen molar-refractivity contribution in [2.75, 3.05) is 5.32 Å². The Bertz CT molecular complexity index is 607. The number of carbonyl (C=O) groups excluding carboxylic acids is 1.